The number of carbonyl (C=O) groups excluding carboxylic acids is 1. The van der Waals surface area contributed by atoms with Gasteiger partial charge in [0, 0.05) is 17.7 Å². The molecule has 0 radical (unpaired) electrons. The van der Waals surface area contributed by atoms with Gasteiger partial charge in [-0.05, 0) is 36.8 Å². The van der Waals surface area contributed by atoms with E-state index in [9.17, 15) is 13.6 Å². The van der Waals surface area contributed by atoms with Gasteiger partial charge in [-0.2, -0.15) is 0 Å². The van der Waals surface area contributed by atoms with Crippen LogP contribution in [0, 0.1) is 11.6 Å². The van der Waals surface area contributed by atoms with E-state index in [0.717, 1.165) is 17.7 Å². The highest BCUT2D eigenvalue weighted by molar-refractivity contribution is 5.94. The van der Waals surface area contributed by atoms with Gasteiger partial charge in [-0.1, -0.05) is 18.2 Å². The number of rotatable bonds is 4. The Morgan fingerprint density at radius 1 is 1.14 bits per heavy atom. The molecule has 0 aliphatic carbocycles. The van der Waals surface area contributed by atoms with E-state index >= 15 is 0 Å². The van der Waals surface area contributed by atoms with E-state index in [1.54, 1.807) is 24.3 Å². The minimum atomic E-state index is -0.770. The first-order chi connectivity index (χ1) is 10.0. The van der Waals surface area contributed by atoms with Crippen molar-refractivity contribution in [3.63, 3.8) is 0 Å². The summed E-state index contributed by atoms with van der Waals surface area (Å²) >= 11 is 0. The zero-order chi connectivity index (χ0) is 15.4. The van der Waals surface area contributed by atoms with Crippen molar-refractivity contribution in [3.8, 4) is 0 Å². The Kier molecular flexibility index (Phi) is 4.65. The molecule has 1 atom stereocenters. The van der Waals surface area contributed by atoms with Crippen LogP contribution in [0.2, 0.25) is 0 Å². The van der Waals surface area contributed by atoms with Gasteiger partial charge in [-0.25, -0.2) is 8.78 Å². The molecule has 2 aromatic carbocycles. The van der Waals surface area contributed by atoms with Gasteiger partial charge in [0.1, 0.15) is 11.6 Å². The topological polar surface area (TPSA) is 55.1 Å². The van der Waals surface area contributed by atoms with Crippen LogP contribution in [0.15, 0.2) is 42.5 Å². The SMILES string of the molecule is CC(NC(=O)c1ccc(CN)cc1)c1c(F)cccc1F. The second kappa shape index (κ2) is 6.45. The average molecular weight is 290 g/mol. The van der Waals surface area contributed by atoms with Crippen LogP contribution in [0.25, 0.3) is 0 Å². The van der Waals surface area contributed by atoms with Crippen molar-refractivity contribution in [3.05, 3.63) is 70.8 Å². The van der Waals surface area contributed by atoms with Gasteiger partial charge < -0.3 is 11.1 Å². The summed E-state index contributed by atoms with van der Waals surface area (Å²) in [5.41, 5.74) is 6.65. The number of nitrogens with one attached hydrogen (secondary N) is 1. The summed E-state index contributed by atoms with van der Waals surface area (Å²) in [4.78, 5) is 12.1. The summed E-state index contributed by atoms with van der Waals surface area (Å²) in [6.07, 6.45) is 0. The lowest BCUT2D eigenvalue weighted by Crippen LogP contribution is -2.28. The average Bonchev–Trinajstić information content (AvgIpc) is 2.47. The third-order valence-corrected chi connectivity index (χ3v) is 3.23. The molecule has 0 spiro atoms. The number of hydrogen-bond acceptors (Lipinski definition) is 2. The standard InChI is InChI=1S/C16H16F2N2O/c1-10(15-13(17)3-2-4-14(15)18)20-16(21)12-7-5-11(9-19)6-8-12/h2-8,10H,9,19H2,1H3,(H,20,21). The fourth-order valence-corrected chi connectivity index (χ4v) is 2.07. The van der Waals surface area contributed by atoms with E-state index < -0.39 is 23.6 Å². The van der Waals surface area contributed by atoms with Crippen molar-refractivity contribution in [2.75, 3.05) is 0 Å². The Morgan fingerprint density at radius 3 is 2.24 bits per heavy atom. The summed E-state index contributed by atoms with van der Waals surface area (Å²) < 4.78 is 27.3. The molecule has 0 aliphatic rings. The highest BCUT2D eigenvalue weighted by Crippen LogP contribution is 2.20. The molecule has 1 unspecified atom stereocenters. The summed E-state index contributed by atoms with van der Waals surface area (Å²) in [6, 6.07) is 9.58. The lowest BCUT2D eigenvalue weighted by atomic mass is 10.1. The van der Waals surface area contributed by atoms with Crippen LogP contribution in [0.4, 0.5) is 8.78 Å². The molecule has 2 rings (SSSR count). The van der Waals surface area contributed by atoms with Crippen molar-refractivity contribution in [2.24, 2.45) is 5.73 Å². The van der Waals surface area contributed by atoms with Crippen molar-refractivity contribution < 1.29 is 13.6 Å². The van der Waals surface area contributed by atoms with Crippen molar-refractivity contribution >= 4 is 5.91 Å². The maximum atomic E-state index is 13.6. The van der Waals surface area contributed by atoms with Crippen LogP contribution >= 0.6 is 0 Å². The Hall–Kier alpha value is -2.27. The first-order valence-corrected chi connectivity index (χ1v) is 6.56. The number of nitrogens with two attached hydrogens (primary N) is 1. The minimum absolute atomic E-state index is 0.149. The van der Waals surface area contributed by atoms with E-state index in [2.05, 4.69) is 5.32 Å². The molecule has 3 N–H and O–H groups in total. The van der Waals surface area contributed by atoms with Crippen LogP contribution < -0.4 is 11.1 Å². The van der Waals surface area contributed by atoms with Crippen LogP contribution in [0.3, 0.4) is 0 Å². The molecule has 0 heterocycles. The van der Waals surface area contributed by atoms with E-state index in [1.807, 2.05) is 0 Å². The van der Waals surface area contributed by atoms with E-state index in [1.165, 1.54) is 13.0 Å². The van der Waals surface area contributed by atoms with E-state index in [-0.39, 0.29) is 5.56 Å². The normalized spacial score (nSPS) is 12.0. The van der Waals surface area contributed by atoms with E-state index in [0.29, 0.717) is 12.1 Å². The highest BCUT2D eigenvalue weighted by atomic mass is 19.1. The Balaban J connectivity index is 2.15. The van der Waals surface area contributed by atoms with Gasteiger partial charge >= 0.3 is 0 Å². The predicted octanol–water partition coefficient (Wildman–Crippen LogP) is 2.91. The molecule has 0 aromatic heterocycles. The van der Waals surface area contributed by atoms with Gasteiger partial charge in [-0.3, -0.25) is 4.79 Å². The quantitative estimate of drug-likeness (QED) is 0.909. The maximum absolute atomic E-state index is 13.6. The predicted molar refractivity (Wildman–Crippen MR) is 76.6 cm³/mol. The summed E-state index contributed by atoms with van der Waals surface area (Å²) in [5.74, 6) is -1.75. The maximum Gasteiger partial charge on any atom is 0.251 e. The zero-order valence-corrected chi connectivity index (χ0v) is 11.6. The zero-order valence-electron chi connectivity index (χ0n) is 11.6. The molecule has 0 saturated carbocycles. The third-order valence-electron chi connectivity index (χ3n) is 3.23. The summed E-state index contributed by atoms with van der Waals surface area (Å²) in [5, 5.41) is 2.58. The number of amides is 1. The fraction of sp³-hybridized carbons (Fsp3) is 0.188. The number of carbonyl (C=O) groups is 1. The molecule has 3 nitrogen and oxygen atoms in total. The molecule has 0 bridgehead atoms. The lowest BCUT2D eigenvalue weighted by Gasteiger charge is -2.16. The number of hydrogen-bond donors (Lipinski definition) is 2. The molecule has 0 saturated heterocycles. The van der Waals surface area contributed by atoms with Crippen LogP contribution in [0.1, 0.15) is 34.5 Å². The van der Waals surface area contributed by atoms with Crippen LogP contribution in [-0.4, -0.2) is 5.91 Å². The molecule has 0 aliphatic heterocycles. The van der Waals surface area contributed by atoms with Gasteiger partial charge in [0.15, 0.2) is 0 Å². The highest BCUT2D eigenvalue weighted by Gasteiger charge is 2.18. The Morgan fingerprint density at radius 2 is 1.71 bits per heavy atom. The first kappa shape index (κ1) is 15.1. The molecule has 0 fully saturated rings. The smallest absolute Gasteiger partial charge is 0.251 e. The van der Waals surface area contributed by atoms with Crippen LogP contribution in [0.5, 0.6) is 0 Å². The molecule has 1 amide bonds. The monoisotopic (exact) mass is 290 g/mol. The molecule has 5 heteroatoms. The molecular formula is C16H16F2N2O. The first-order valence-electron chi connectivity index (χ1n) is 6.56. The van der Waals surface area contributed by atoms with Crippen molar-refractivity contribution in [2.45, 2.75) is 19.5 Å². The number of benzene rings is 2. The second-order valence-corrected chi connectivity index (χ2v) is 4.73. The summed E-state index contributed by atoms with van der Waals surface area (Å²) in [7, 11) is 0. The Bertz CT molecular complexity index is 621. The minimum Gasteiger partial charge on any atom is -0.345 e. The van der Waals surface area contributed by atoms with Crippen molar-refractivity contribution in [1.82, 2.24) is 5.32 Å². The van der Waals surface area contributed by atoms with Gasteiger partial charge in [0.05, 0.1) is 6.04 Å². The molecule has 2 aromatic rings. The van der Waals surface area contributed by atoms with E-state index in [4.69, 9.17) is 5.73 Å². The van der Waals surface area contributed by atoms with Gasteiger partial charge in [0.25, 0.3) is 5.91 Å². The molecular weight excluding hydrogens is 274 g/mol. The lowest BCUT2D eigenvalue weighted by molar-refractivity contribution is 0.0939. The van der Waals surface area contributed by atoms with Gasteiger partial charge in [0.2, 0.25) is 0 Å². The molecule has 21 heavy (non-hydrogen) atoms. The fourth-order valence-electron chi connectivity index (χ4n) is 2.07. The van der Waals surface area contributed by atoms with Crippen LogP contribution in [-0.2, 0) is 6.54 Å². The van der Waals surface area contributed by atoms with Gasteiger partial charge in [-0.15, -0.1) is 0 Å². The summed E-state index contributed by atoms with van der Waals surface area (Å²) in [6.45, 7) is 1.92. The number of halogens is 2. The molecule has 110 valence electrons. The van der Waals surface area contributed by atoms with Crippen molar-refractivity contribution in [1.29, 1.82) is 0 Å². The second-order valence-electron chi connectivity index (χ2n) is 4.73. The largest absolute Gasteiger partial charge is 0.345 e. The Labute approximate surface area is 121 Å². The third kappa shape index (κ3) is 3.44.